The average molecular weight is 267 g/mol. The zero-order chi connectivity index (χ0) is 13.7. The molecule has 2 amide bonds. The van der Waals surface area contributed by atoms with Crippen molar-refractivity contribution in [2.75, 3.05) is 32.7 Å². The molecule has 1 saturated carbocycles. The lowest BCUT2D eigenvalue weighted by Crippen LogP contribution is -2.51. The van der Waals surface area contributed by atoms with Crippen molar-refractivity contribution in [2.24, 2.45) is 11.7 Å². The first-order chi connectivity index (χ1) is 9.22. The lowest BCUT2D eigenvalue weighted by Gasteiger charge is -2.35. The number of nitrogens with two attached hydrogens (primary N) is 1. The molecule has 0 spiro atoms. The molecule has 1 aliphatic carbocycles. The first kappa shape index (κ1) is 14.3. The van der Waals surface area contributed by atoms with Crippen LogP contribution in [0.4, 0.5) is 0 Å². The van der Waals surface area contributed by atoms with Gasteiger partial charge in [-0.3, -0.25) is 9.59 Å². The zero-order valence-electron chi connectivity index (χ0n) is 11.6. The summed E-state index contributed by atoms with van der Waals surface area (Å²) >= 11 is 0. The van der Waals surface area contributed by atoms with Gasteiger partial charge in [-0.15, -0.1) is 0 Å². The van der Waals surface area contributed by atoms with Crippen LogP contribution in [0.15, 0.2) is 0 Å². The van der Waals surface area contributed by atoms with Gasteiger partial charge in [-0.1, -0.05) is 6.42 Å². The summed E-state index contributed by atoms with van der Waals surface area (Å²) in [5, 5.41) is 0. The van der Waals surface area contributed by atoms with Gasteiger partial charge in [0.05, 0.1) is 0 Å². The van der Waals surface area contributed by atoms with Gasteiger partial charge in [-0.25, -0.2) is 0 Å². The van der Waals surface area contributed by atoms with E-state index >= 15 is 0 Å². The summed E-state index contributed by atoms with van der Waals surface area (Å²) in [7, 11) is 0. The number of nitrogens with zero attached hydrogens (tertiary/aromatic N) is 2. The summed E-state index contributed by atoms with van der Waals surface area (Å²) in [5.74, 6) is 0.823. The third-order valence-electron chi connectivity index (χ3n) is 3.97. The molecule has 0 aromatic carbocycles. The fraction of sp³-hybridized carbons (Fsp3) is 0.857. The highest BCUT2D eigenvalue weighted by atomic mass is 16.2. The first-order valence-corrected chi connectivity index (χ1v) is 7.49. The molecule has 5 heteroatoms. The number of carbonyl (C=O) groups excluding carboxylic acids is 2. The summed E-state index contributed by atoms with van der Waals surface area (Å²) < 4.78 is 0. The maximum atomic E-state index is 12.0. The van der Waals surface area contributed by atoms with Crippen LogP contribution in [-0.2, 0) is 9.59 Å². The lowest BCUT2D eigenvalue weighted by molar-refractivity contribution is -0.140. The Morgan fingerprint density at radius 3 is 2.16 bits per heavy atom. The van der Waals surface area contributed by atoms with Crippen molar-refractivity contribution in [3.63, 3.8) is 0 Å². The van der Waals surface area contributed by atoms with Crippen LogP contribution in [-0.4, -0.2) is 54.3 Å². The third kappa shape index (κ3) is 4.20. The number of amides is 2. The topological polar surface area (TPSA) is 66.6 Å². The lowest BCUT2D eigenvalue weighted by atomic mass is 10.1. The number of rotatable bonds is 6. The molecule has 2 rings (SSSR count). The van der Waals surface area contributed by atoms with Gasteiger partial charge in [-0.05, 0) is 32.2 Å². The van der Waals surface area contributed by atoms with Crippen LogP contribution in [0, 0.1) is 5.92 Å². The summed E-state index contributed by atoms with van der Waals surface area (Å²) in [5.41, 5.74) is 5.43. The van der Waals surface area contributed by atoms with E-state index in [0.717, 1.165) is 32.1 Å². The van der Waals surface area contributed by atoms with Crippen molar-refractivity contribution in [1.82, 2.24) is 9.80 Å². The first-order valence-electron chi connectivity index (χ1n) is 7.49. The minimum absolute atomic E-state index is 0.232. The van der Waals surface area contributed by atoms with E-state index < -0.39 is 0 Å². The number of unbranched alkanes of at least 4 members (excludes halogenated alkanes) is 2. The Morgan fingerprint density at radius 2 is 1.58 bits per heavy atom. The molecule has 0 bridgehead atoms. The van der Waals surface area contributed by atoms with Gasteiger partial charge < -0.3 is 15.5 Å². The van der Waals surface area contributed by atoms with Crippen molar-refractivity contribution in [2.45, 2.75) is 38.5 Å². The van der Waals surface area contributed by atoms with Crippen molar-refractivity contribution < 1.29 is 9.59 Å². The Labute approximate surface area is 115 Å². The highest BCUT2D eigenvalue weighted by Crippen LogP contribution is 2.31. The molecule has 0 unspecified atom stereocenters. The largest absolute Gasteiger partial charge is 0.339 e. The highest BCUT2D eigenvalue weighted by Gasteiger charge is 2.34. The van der Waals surface area contributed by atoms with Crippen LogP contribution in [0.1, 0.15) is 38.5 Å². The Balaban J connectivity index is 1.64. The van der Waals surface area contributed by atoms with Crippen molar-refractivity contribution >= 4 is 11.8 Å². The van der Waals surface area contributed by atoms with Crippen LogP contribution >= 0.6 is 0 Å². The molecule has 0 aromatic heterocycles. The number of hydrogen-bond acceptors (Lipinski definition) is 3. The standard InChI is InChI=1S/C14H25N3O2/c15-7-3-1-2-4-13(18)16-8-10-17(11-9-16)14(19)12-5-6-12/h12H,1-11,15H2. The second-order valence-corrected chi connectivity index (χ2v) is 5.58. The Bertz CT molecular complexity index is 321. The van der Waals surface area contributed by atoms with Crippen LogP contribution in [0.2, 0.25) is 0 Å². The van der Waals surface area contributed by atoms with Crippen LogP contribution < -0.4 is 5.73 Å². The van der Waals surface area contributed by atoms with E-state index in [2.05, 4.69) is 0 Å². The molecule has 0 radical (unpaired) electrons. The summed E-state index contributed by atoms with van der Waals surface area (Å²) in [6.07, 6.45) is 5.69. The molecule has 1 saturated heterocycles. The Hall–Kier alpha value is -1.10. The summed E-state index contributed by atoms with van der Waals surface area (Å²) in [6, 6.07) is 0. The number of hydrogen-bond donors (Lipinski definition) is 1. The predicted octanol–water partition coefficient (Wildman–Crippen LogP) is 0.586. The van der Waals surface area contributed by atoms with E-state index in [9.17, 15) is 9.59 Å². The zero-order valence-corrected chi connectivity index (χ0v) is 11.6. The summed E-state index contributed by atoms with van der Waals surface area (Å²) in [6.45, 7) is 3.53. The monoisotopic (exact) mass is 267 g/mol. The predicted molar refractivity (Wildman–Crippen MR) is 73.4 cm³/mol. The molecule has 5 nitrogen and oxygen atoms in total. The summed E-state index contributed by atoms with van der Waals surface area (Å²) in [4.78, 5) is 27.7. The van der Waals surface area contributed by atoms with Gasteiger partial charge in [0.15, 0.2) is 0 Å². The fourth-order valence-electron chi connectivity index (χ4n) is 2.52. The van der Waals surface area contributed by atoms with Gasteiger partial charge in [-0.2, -0.15) is 0 Å². The smallest absolute Gasteiger partial charge is 0.225 e. The average Bonchev–Trinajstić information content (AvgIpc) is 3.27. The molecule has 19 heavy (non-hydrogen) atoms. The maximum absolute atomic E-state index is 12.0. The molecule has 2 N–H and O–H groups in total. The fourth-order valence-corrected chi connectivity index (χ4v) is 2.52. The second kappa shape index (κ2) is 6.89. The molecular weight excluding hydrogens is 242 g/mol. The van der Waals surface area contributed by atoms with Gasteiger partial charge in [0, 0.05) is 38.5 Å². The molecule has 2 fully saturated rings. The van der Waals surface area contributed by atoms with Crippen molar-refractivity contribution in [3.05, 3.63) is 0 Å². The molecule has 1 aliphatic heterocycles. The Morgan fingerprint density at radius 1 is 0.947 bits per heavy atom. The number of piperazine rings is 1. The van der Waals surface area contributed by atoms with E-state index in [1.54, 1.807) is 0 Å². The minimum Gasteiger partial charge on any atom is -0.339 e. The molecule has 1 heterocycles. The van der Waals surface area contributed by atoms with Crippen LogP contribution in [0.25, 0.3) is 0 Å². The Kier molecular flexibility index (Phi) is 5.19. The highest BCUT2D eigenvalue weighted by molar-refractivity contribution is 5.81. The van der Waals surface area contributed by atoms with E-state index in [0.29, 0.717) is 51.0 Å². The normalized spacial score (nSPS) is 19.6. The van der Waals surface area contributed by atoms with Gasteiger partial charge in [0.1, 0.15) is 0 Å². The SMILES string of the molecule is NCCCCCC(=O)N1CCN(C(=O)C2CC2)CC1. The molecule has 0 atom stereocenters. The van der Waals surface area contributed by atoms with E-state index in [4.69, 9.17) is 5.73 Å². The molecular formula is C14H25N3O2. The van der Waals surface area contributed by atoms with E-state index in [1.165, 1.54) is 0 Å². The third-order valence-corrected chi connectivity index (χ3v) is 3.97. The quantitative estimate of drug-likeness (QED) is 0.716. The van der Waals surface area contributed by atoms with Gasteiger partial charge >= 0.3 is 0 Å². The van der Waals surface area contributed by atoms with Gasteiger partial charge in [0.25, 0.3) is 0 Å². The van der Waals surface area contributed by atoms with E-state index in [-0.39, 0.29) is 5.91 Å². The minimum atomic E-state index is 0.232. The van der Waals surface area contributed by atoms with Crippen LogP contribution in [0.3, 0.4) is 0 Å². The number of carbonyl (C=O) groups is 2. The molecule has 0 aromatic rings. The van der Waals surface area contributed by atoms with Crippen molar-refractivity contribution in [1.29, 1.82) is 0 Å². The van der Waals surface area contributed by atoms with Crippen molar-refractivity contribution in [3.8, 4) is 0 Å². The second-order valence-electron chi connectivity index (χ2n) is 5.58. The van der Waals surface area contributed by atoms with Crippen LogP contribution in [0.5, 0.6) is 0 Å². The van der Waals surface area contributed by atoms with E-state index in [1.807, 2.05) is 9.80 Å². The maximum Gasteiger partial charge on any atom is 0.225 e. The molecule has 2 aliphatic rings. The molecule has 108 valence electrons. The van der Waals surface area contributed by atoms with Gasteiger partial charge in [0.2, 0.25) is 11.8 Å².